The number of methoxy groups -OCH3 is 1. The highest BCUT2D eigenvalue weighted by molar-refractivity contribution is 6.05. The van der Waals surface area contributed by atoms with Gasteiger partial charge in [0.15, 0.2) is 0 Å². The van der Waals surface area contributed by atoms with E-state index in [1.165, 1.54) is 0 Å². The first-order valence-corrected chi connectivity index (χ1v) is 7.36. The van der Waals surface area contributed by atoms with Gasteiger partial charge in [-0.15, -0.1) is 0 Å². The van der Waals surface area contributed by atoms with E-state index in [2.05, 4.69) is 10.6 Å². The Morgan fingerprint density at radius 3 is 2.04 bits per heavy atom. The van der Waals surface area contributed by atoms with Crippen molar-refractivity contribution in [2.45, 2.75) is 19.9 Å². The number of benzene rings is 2. The van der Waals surface area contributed by atoms with Crippen molar-refractivity contribution in [3.8, 4) is 5.75 Å². The molecule has 23 heavy (non-hydrogen) atoms. The first-order valence-electron chi connectivity index (χ1n) is 7.36. The minimum atomic E-state index is -0.259. The molecule has 5 nitrogen and oxygen atoms in total. The van der Waals surface area contributed by atoms with Crippen LogP contribution in [-0.4, -0.2) is 25.0 Å². The van der Waals surface area contributed by atoms with E-state index in [1.807, 2.05) is 26.0 Å². The van der Waals surface area contributed by atoms with Gasteiger partial charge >= 0.3 is 0 Å². The average Bonchev–Trinajstić information content (AvgIpc) is 2.55. The zero-order valence-electron chi connectivity index (χ0n) is 13.4. The number of carbonyl (C=O) groups excluding carboxylic acids is 2. The first kappa shape index (κ1) is 16.5. The Hall–Kier alpha value is -2.82. The molecule has 0 spiro atoms. The highest BCUT2D eigenvalue weighted by Gasteiger charge is 2.11. The van der Waals surface area contributed by atoms with Gasteiger partial charge in [0.05, 0.1) is 12.8 Å². The lowest BCUT2D eigenvalue weighted by Crippen LogP contribution is -2.30. The van der Waals surface area contributed by atoms with E-state index >= 15 is 0 Å². The van der Waals surface area contributed by atoms with E-state index in [0.29, 0.717) is 22.6 Å². The van der Waals surface area contributed by atoms with Crippen LogP contribution < -0.4 is 15.4 Å². The molecule has 2 N–H and O–H groups in total. The number of rotatable bonds is 5. The summed E-state index contributed by atoms with van der Waals surface area (Å²) in [5.41, 5.74) is 1.59. The van der Waals surface area contributed by atoms with Crippen LogP contribution in [0.3, 0.4) is 0 Å². The smallest absolute Gasteiger partial charge is 0.255 e. The molecule has 5 heteroatoms. The highest BCUT2D eigenvalue weighted by atomic mass is 16.5. The Balaban J connectivity index is 2.10. The molecule has 0 radical (unpaired) electrons. The second kappa shape index (κ2) is 7.45. The second-order valence-electron chi connectivity index (χ2n) is 5.36. The quantitative estimate of drug-likeness (QED) is 0.891. The van der Waals surface area contributed by atoms with Gasteiger partial charge in [0.25, 0.3) is 11.8 Å². The fraction of sp³-hybridized carbons (Fsp3) is 0.222. The molecule has 120 valence electrons. The fourth-order valence-electron chi connectivity index (χ4n) is 2.06. The summed E-state index contributed by atoms with van der Waals surface area (Å²) in [5, 5.41) is 5.60. The van der Waals surface area contributed by atoms with Crippen molar-refractivity contribution in [2.75, 3.05) is 12.4 Å². The standard InChI is InChI=1S/C18H20N2O3/c1-12(2)19-17(21)13-8-10-14(11-9-13)18(22)20-15-6-4-5-7-16(15)23-3/h4-12H,1-3H3,(H,19,21)(H,20,22). The molecule has 0 saturated heterocycles. The van der Waals surface area contributed by atoms with E-state index in [4.69, 9.17) is 4.74 Å². The predicted octanol–water partition coefficient (Wildman–Crippen LogP) is 3.09. The third-order valence-electron chi connectivity index (χ3n) is 3.18. The zero-order chi connectivity index (χ0) is 16.8. The fourth-order valence-corrected chi connectivity index (χ4v) is 2.06. The summed E-state index contributed by atoms with van der Waals surface area (Å²) in [6.07, 6.45) is 0. The van der Waals surface area contributed by atoms with Crippen LogP contribution >= 0.6 is 0 Å². The molecule has 0 aliphatic heterocycles. The molecule has 0 unspecified atom stereocenters. The van der Waals surface area contributed by atoms with Crippen LogP contribution in [0.2, 0.25) is 0 Å². The van der Waals surface area contributed by atoms with Crippen molar-refractivity contribution < 1.29 is 14.3 Å². The van der Waals surface area contributed by atoms with Crippen molar-refractivity contribution >= 4 is 17.5 Å². The summed E-state index contributed by atoms with van der Waals surface area (Å²) in [6, 6.07) is 13.8. The van der Waals surface area contributed by atoms with Gasteiger partial charge in [-0.3, -0.25) is 9.59 Å². The number of hydrogen-bond acceptors (Lipinski definition) is 3. The maximum Gasteiger partial charge on any atom is 0.255 e. The van der Waals surface area contributed by atoms with Crippen molar-refractivity contribution in [2.24, 2.45) is 0 Å². The normalized spacial score (nSPS) is 10.3. The molecule has 2 aromatic carbocycles. The molecule has 2 amide bonds. The Labute approximate surface area is 135 Å². The third kappa shape index (κ3) is 4.32. The van der Waals surface area contributed by atoms with Gasteiger partial charge < -0.3 is 15.4 Å². The molecule has 0 atom stereocenters. The molecule has 2 aromatic rings. The van der Waals surface area contributed by atoms with Gasteiger partial charge in [0, 0.05) is 17.2 Å². The number of carbonyl (C=O) groups is 2. The Morgan fingerprint density at radius 2 is 1.48 bits per heavy atom. The van der Waals surface area contributed by atoms with Gasteiger partial charge in [-0.1, -0.05) is 12.1 Å². The van der Waals surface area contributed by atoms with Gasteiger partial charge in [0.2, 0.25) is 0 Å². The molecule has 0 aliphatic carbocycles. The summed E-state index contributed by atoms with van der Waals surface area (Å²) in [4.78, 5) is 24.2. The monoisotopic (exact) mass is 312 g/mol. The van der Waals surface area contributed by atoms with Crippen molar-refractivity contribution in [1.82, 2.24) is 5.32 Å². The molecule has 0 aliphatic rings. The van der Waals surface area contributed by atoms with E-state index in [9.17, 15) is 9.59 Å². The largest absolute Gasteiger partial charge is 0.495 e. The second-order valence-corrected chi connectivity index (χ2v) is 5.36. The van der Waals surface area contributed by atoms with E-state index < -0.39 is 0 Å². The number of ether oxygens (including phenoxy) is 1. The minimum Gasteiger partial charge on any atom is -0.495 e. The molecule has 2 rings (SSSR count). The van der Waals surface area contributed by atoms with Crippen molar-refractivity contribution in [1.29, 1.82) is 0 Å². The van der Waals surface area contributed by atoms with E-state index in [0.717, 1.165) is 0 Å². The first-order chi connectivity index (χ1) is 11.0. The van der Waals surface area contributed by atoms with Crippen LogP contribution in [0.4, 0.5) is 5.69 Å². The van der Waals surface area contributed by atoms with Crippen LogP contribution in [0.15, 0.2) is 48.5 Å². The SMILES string of the molecule is COc1ccccc1NC(=O)c1ccc(C(=O)NC(C)C)cc1. The zero-order valence-corrected chi connectivity index (χ0v) is 13.4. The van der Waals surface area contributed by atoms with Gasteiger partial charge in [-0.05, 0) is 50.2 Å². The van der Waals surface area contributed by atoms with Crippen LogP contribution in [0.25, 0.3) is 0 Å². The molecule has 0 bridgehead atoms. The number of hydrogen-bond donors (Lipinski definition) is 2. The summed E-state index contributed by atoms with van der Waals surface area (Å²) in [7, 11) is 1.55. The average molecular weight is 312 g/mol. The van der Waals surface area contributed by atoms with Crippen LogP contribution in [-0.2, 0) is 0 Å². The Kier molecular flexibility index (Phi) is 5.36. The molecule has 0 aromatic heterocycles. The maximum absolute atomic E-state index is 12.3. The summed E-state index contributed by atoms with van der Waals surface area (Å²) >= 11 is 0. The number of nitrogens with one attached hydrogen (secondary N) is 2. The molecule has 0 saturated carbocycles. The minimum absolute atomic E-state index is 0.0658. The Bertz CT molecular complexity index is 694. The van der Waals surface area contributed by atoms with Gasteiger partial charge in [0.1, 0.15) is 5.75 Å². The lowest BCUT2D eigenvalue weighted by Gasteiger charge is -2.11. The van der Waals surface area contributed by atoms with Crippen molar-refractivity contribution in [3.63, 3.8) is 0 Å². The van der Waals surface area contributed by atoms with Crippen LogP contribution in [0.1, 0.15) is 34.6 Å². The van der Waals surface area contributed by atoms with Crippen LogP contribution in [0, 0.1) is 0 Å². The van der Waals surface area contributed by atoms with Crippen LogP contribution in [0.5, 0.6) is 5.75 Å². The van der Waals surface area contributed by atoms with Gasteiger partial charge in [-0.2, -0.15) is 0 Å². The number of amides is 2. The summed E-state index contributed by atoms with van der Waals surface area (Å²) in [6.45, 7) is 3.79. The molecular formula is C18H20N2O3. The molecule has 0 fully saturated rings. The molecular weight excluding hydrogens is 292 g/mol. The predicted molar refractivity (Wildman–Crippen MR) is 90.0 cm³/mol. The lowest BCUT2D eigenvalue weighted by molar-refractivity contribution is 0.0941. The molecule has 0 heterocycles. The number of anilines is 1. The number of para-hydroxylation sites is 2. The van der Waals surface area contributed by atoms with E-state index in [1.54, 1.807) is 43.5 Å². The summed E-state index contributed by atoms with van der Waals surface area (Å²) < 4.78 is 5.20. The maximum atomic E-state index is 12.3. The Morgan fingerprint density at radius 1 is 0.913 bits per heavy atom. The third-order valence-corrected chi connectivity index (χ3v) is 3.18. The van der Waals surface area contributed by atoms with Crippen molar-refractivity contribution in [3.05, 3.63) is 59.7 Å². The topological polar surface area (TPSA) is 67.4 Å². The van der Waals surface area contributed by atoms with Gasteiger partial charge in [-0.25, -0.2) is 0 Å². The lowest BCUT2D eigenvalue weighted by atomic mass is 10.1. The summed E-state index contributed by atoms with van der Waals surface area (Å²) in [5.74, 6) is 0.177. The highest BCUT2D eigenvalue weighted by Crippen LogP contribution is 2.23. The van der Waals surface area contributed by atoms with E-state index in [-0.39, 0.29) is 17.9 Å².